The number of hydrogen-bond acceptors (Lipinski definition) is 3. The maximum absolute atomic E-state index is 11.3. The zero-order valence-electron chi connectivity index (χ0n) is 8.45. The quantitative estimate of drug-likeness (QED) is 0.665. The average Bonchev–Trinajstić information content (AvgIpc) is 2.82. The van der Waals surface area contributed by atoms with Crippen LogP contribution in [0.15, 0.2) is 24.4 Å². The Kier molecular flexibility index (Phi) is 1.73. The van der Waals surface area contributed by atoms with Crippen LogP contribution >= 0.6 is 0 Å². The predicted molar refractivity (Wildman–Crippen MR) is 60.8 cm³/mol. The molecule has 16 heavy (non-hydrogen) atoms. The van der Waals surface area contributed by atoms with Crippen LogP contribution in [0, 0.1) is 0 Å². The van der Waals surface area contributed by atoms with Gasteiger partial charge >= 0.3 is 0 Å². The first-order chi connectivity index (χ1) is 7.75. The lowest BCUT2D eigenvalue weighted by Gasteiger charge is -2.05. The first-order valence-corrected chi connectivity index (χ1v) is 4.96. The molecule has 0 spiro atoms. The number of fused-ring (bicyclic) bond motifs is 1. The Labute approximate surface area is 91.7 Å². The Bertz CT molecular complexity index is 573. The molecule has 4 N–H and O–H groups in total. The molecule has 0 atom stereocenters. The molecule has 5 nitrogen and oxygen atoms in total. The molecular weight excluding hydrogens is 204 g/mol. The van der Waals surface area contributed by atoms with Crippen LogP contribution < -0.4 is 11.1 Å². The Morgan fingerprint density at radius 1 is 1.31 bits per heavy atom. The van der Waals surface area contributed by atoms with E-state index in [1.165, 1.54) is 0 Å². The van der Waals surface area contributed by atoms with Crippen molar-refractivity contribution in [1.82, 2.24) is 10.2 Å². The van der Waals surface area contributed by atoms with Crippen molar-refractivity contribution in [1.29, 1.82) is 0 Å². The molecule has 5 heteroatoms. The second-order valence-electron chi connectivity index (χ2n) is 3.75. The molecule has 1 amide bonds. The van der Waals surface area contributed by atoms with Gasteiger partial charge in [0.2, 0.25) is 5.91 Å². The van der Waals surface area contributed by atoms with Gasteiger partial charge in [-0.25, -0.2) is 0 Å². The summed E-state index contributed by atoms with van der Waals surface area (Å²) in [5.41, 5.74) is 9.43. The average molecular weight is 214 g/mol. The molecule has 1 aromatic heterocycles. The van der Waals surface area contributed by atoms with Crippen molar-refractivity contribution in [2.45, 2.75) is 6.42 Å². The number of anilines is 2. The maximum atomic E-state index is 11.3. The number of rotatable bonds is 1. The highest BCUT2D eigenvalue weighted by Crippen LogP contribution is 2.34. The summed E-state index contributed by atoms with van der Waals surface area (Å²) >= 11 is 0. The molecule has 0 saturated carbocycles. The van der Waals surface area contributed by atoms with Gasteiger partial charge in [-0.3, -0.25) is 9.89 Å². The van der Waals surface area contributed by atoms with E-state index < -0.39 is 0 Å². The van der Waals surface area contributed by atoms with E-state index in [4.69, 9.17) is 5.73 Å². The van der Waals surface area contributed by atoms with Crippen molar-refractivity contribution in [3.8, 4) is 11.1 Å². The van der Waals surface area contributed by atoms with Gasteiger partial charge in [-0.15, -0.1) is 0 Å². The molecule has 0 aliphatic carbocycles. The number of carbonyl (C=O) groups is 1. The molecule has 3 rings (SSSR count). The van der Waals surface area contributed by atoms with Gasteiger partial charge in [0.15, 0.2) is 0 Å². The zero-order chi connectivity index (χ0) is 11.1. The van der Waals surface area contributed by atoms with Crippen molar-refractivity contribution in [2.75, 3.05) is 11.1 Å². The lowest BCUT2D eigenvalue weighted by molar-refractivity contribution is -0.115. The minimum Gasteiger partial charge on any atom is -0.384 e. The lowest BCUT2D eigenvalue weighted by atomic mass is 10.00. The Hall–Kier alpha value is -2.30. The van der Waals surface area contributed by atoms with E-state index in [-0.39, 0.29) is 5.91 Å². The molecule has 0 saturated heterocycles. The highest BCUT2D eigenvalue weighted by molar-refractivity contribution is 6.02. The first-order valence-electron chi connectivity index (χ1n) is 4.96. The molecule has 2 heterocycles. The molecule has 2 aromatic rings. The minimum absolute atomic E-state index is 0.0181. The van der Waals surface area contributed by atoms with E-state index in [0.29, 0.717) is 12.2 Å². The number of nitrogens with zero attached hydrogens (tertiary/aromatic N) is 1. The van der Waals surface area contributed by atoms with Crippen LogP contribution in [-0.4, -0.2) is 16.1 Å². The van der Waals surface area contributed by atoms with Crippen LogP contribution in [0.1, 0.15) is 5.56 Å². The van der Waals surface area contributed by atoms with Crippen LogP contribution in [0.3, 0.4) is 0 Å². The Morgan fingerprint density at radius 3 is 2.94 bits per heavy atom. The fourth-order valence-electron chi connectivity index (χ4n) is 2.01. The molecule has 0 fully saturated rings. The monoisotopic (exact) mass is 214 g/mol. The third kappa shape index (κ3) is 1.18. The summed E-state index contributed by atoms with van der Waals surface area (Å²) in [6, 6.07) is 5.73. The SMILES string of the molecule is Nc1[nH]ncc1-c1cccc2c1CC(=O)N2. The summed E-state index contributed by atoms with van der Waals surface area (Å²) in [6.07, 6.45) is 2.07. The van der Waals surface area contributed by atoms with Crippen molar-refractivity contribution < 1.29 is 4.79 Å². The summed E-state index contributed by atoms with van der Waals surface area (Å²) in [6.45, 7) is 0. The second kappa shape index (κ2) is 3.10. The number of amides is 1. The van der Waals surface area contributed by atoms with Crippen LogP contribution in [0.4, 0.5) is 11.5 Å². The van der Waals surface area contributed by atoms with Gasteiger partial charge in [0.1, 0.15) is 5.82 Å². The zero-order valence-corrected chi connectivity index (χ0v) is 8.45. The van der Waals surface area contributed by atoms with E-state index in [2.05, 4.69) is 15.5 Å². The van der Waals surface area contributed by atoms with Gasteiger partial charge in [-0.1, -0.05) is 12.1 Å². The Morgan fingerprint density at radius 2 is 2.19 bits per heavy atom. The third-order valence-electron chi connectivity index (χ3n) is 2.75. The number of nitrogens with one attached hydrogen (secondary N) is 2. The van der Waals surface area contributed by atoms with E-state index in [0.717, 1.165) is 22.4 Å². The summed E-state index contributed by atoms with van der Waals surface area (Å²) < 4.78 is 0. The molecule has 1 aliphatic rings. The highest BCUT2D eigenvalue weighted by atomic mass is 16.1. The fraction of sp³-hybridized carbons (Fsp3) is 0.0909. The lowest BCUT2D eigenvalue weighted by Crippen LogP contribution is -2.03. The summed E-state index contributed by atoms with van der Waals surface area (Å²) in [4.78, 5) is 11.3. The van der Waals surface area contributed by atoms with Gasteiger partial charge in [0, 0.05) is 11.3 Å². The first kappa shape index (κ1) is 8.96. The van der Waals surface area contributed by atoms with E-state index >= 15 is 0 Å². The normalized spacial score (nSPS) is 13.6. The molecule has 0 bridgehead atoms. The van der Waals surface area contributed by atoms with Gasteiger partial charge in [-0.05, 0) is 17.2 Å². The van der Waals surface area contributed by atoms with Crippen LogP contribution in [0.25, 0.3) is 11.1 Å². The van der Waals surface area contributed by atoms with Gasteiger partial charge < -0.3 is 11.1 Å². The maximum Gasteiger partial charge on any atom is 0.228 e. The van der Waals surface area contributed by atoms with Gasteiger partial charge in [0.25, 0.3) is 0 Å². The molecule has 1 aromatic carbocycles. The van der Waals surface area contributed by atoms with Crippen molar-refractivity contribution in [3.05, 3.63) is 30.0 Å². The number of nitrogen functional groups attached to an aromatic ring is 1. The van der Waals surface area contributed by atoms with E-state index in [9.17, 15) is 4.79 Å². The van der Waals surface area contributed by atoms with Crippen LogP contribution in [0.2, 0.25) is 0 Å². The second-order valence-corrected chi connectivity index (χ2v) is 3.75. The van der Waals surface area contributed by atoms with E-state index in [1.807, 2.05) is 18.2 Å². The molecule has 80 valence electrons. The minimum atomic E-state index is 0.0181. The number of carbonyl (C=O) groups excluding carboxylic acids is 1. The molecule has 0 radical (unpaired) electrons. The number of aromatic nitrogens is 2. The fourth-order valence-corrected chi connectivity index (χ4v) is 2.01. The summed E-state index contributed by atoms with van der Waals surface area (Å²) in [5, 5.41) is 9.39. The Balaban J connectivity index is 2.21. The summed E-state index contributed by atoms with van der Waals surface area (Å²) in [7, 11) is 0. The predicted octanol–water partition coefficient (Wildman–Crippen LogP) is 1.15. The van der Waals surface area contributed by atoms with Crippen molar-refractivity contribution in [3.63, 3.8) is 0 Å². The van der Waals surface area contributed by atoms with Crippen LogP contribution in [-0.2, 0) is 11.2 Å². The third-order valence-corrected chi connectivity index (χ3v) is 2.75. The number of hydrogen-bond donors (Lipinski definition) is 3. The van der Waals surface area contributed by atoms with Crippen molar-refractivity contribution >= 4 is 17.4 Å². The van der Waals surface area contributed by atoms with E-state index in [1.54, 1.807) is 6.20 Å². The standard InChI is InChI=1S/C11H10N4O/c12-11-8(5-13-15-11)6-2-1-3-9-7(6)4-10(16)14-9/h1-3,5H,4H2,(H,14,16)(H3,12,13,15). The van der Waals surface area contributed by atoms with Crippen LogP contribution in [0.5, 0.6) is 0 Å². The summed E-state index contributed by atoms with van der Waals surface area (Å²) in [5.74, 6) is 0.539. The van der Waals surface area contributed by atoms with Gasteiger partial charge in [-0.2, -0.15) is 5.10 Å². The van der Waals surface area contributed by atoms with Crippen molar-refractivity contribution in [2.24, 2.45) is 0 Å². The number of H-pyrrole nitrogens is 1. The highest BCUT2D eigenvalue weighted by Gasteiger charge is 2.22. The number of aromatic amines is 1. The van der Waals surface area contributed by atoms with Gasteiger partial charge in [0.05, 0.1) is 12.6 Å². The number of benzene rings is 1. The molecule has 1 aliphatic heterocycles. The smallest absolute Gasteiger partial charge is 0.228 e. The molecule has 0 unspecified atom stereocenters. The largest absolute Gasteiger partial charge is 0.384 e. The number of nitrogens with two attached hydrogens (primary N) is 1. The topological polar surface area (TPSA) is 83.8 Å². The molecular formula is C11H10N4O.